The van der Waals surface area contributed by atoms with Gasteiger partial charge in [-0.25, -0.2) is 4.39 Å². The summed E-state index contributed by atoms with van der Waals surface area (Å²) in [7, 11) is 1.57. The molecule has 3 heterocycles. The number of rotatable bonds is 11. The van der Waals surface area contributed by atoms with E-state index in [0.717, 1.165) is 16.7 Å². The van der Waals surface area contributed by atoms with Crippen molar-refractivity contribution in [1.82, 2.24) is 25.5 Å². The summed E-state index contributed by atoms with van der Waals surface area (Å²) in [4.78, 5) is 31.8. The molecule has 4 rings (SSSR count). The van der Waals surface area contributed by atoms with Gasteiger partial charge in [-0.1, -0.05) is 30.3 Å². The zero-order chi connectivity index (χ0) is 25.3. The van der Waals surface area contributed by atoms with Crippen molar-refractivity contribution in [3.8, 4) is 5.75 Å². The number of benzene rings is 1. The SMILES string of the molecule is COCc1[nH]nc(C(=O)NCc2cc(OCF)ccn2)c1Cc1ccc(Cc2ccc[nH]c2=O)cc1. The molecule has 3 N–H and O–H groups in total. The maximum absolute atomic E-state index is 13.0. The van der Waals surface area contributed by atoms with E-state index in [1.165, 1.54) is 12.3 Å². The molecular formula is C26H26FN5O4. The number of H-pyrrole nitrogens is 2. The minimum atomic E-state index is -0.944. The first-order valence-electron chi connectivity index (χ1n) is 11.3. The van der Waals surface area contributed by atoms with Gasteiger partial charge in [-0.15, -0.1) is 0 Å². The van der Waals surface area contributed by atoms with Crippen LogP contribution in [-0.4, -0.2) is 40.0 Å². The summed E-state index contributed by atoms with van der Waals surface area (Å²) < 4.78 is 22.5. The van der Waals surface area contributed by atoms with Crippen molar-refractivity contribution in [3.63, 3.8) is 0 Å². The highest BCUT2D eigenvalue weighted by Gasteiger charge is 2.20. The summed E-state index contributed by atoms with van der Waals surface area (Å²) in [6, 6.07) is 14.6. The number of amides is 1. The minimum absolute atomic E-state index is 0.100. The number of pyridine rings is 2. The van der Waals surface area contributed by atoms with Crippen molar-refractivity contribution < 1.29 is 18.7 Å². The Morgan fingerprint density at radius 3 is 2.61 bits per heavy atom. The third kappa shape index (κ3) is 6.22. The molecule has 1 amide bonds. The number of carbonyl (C=O) groups is 1. The molecule has 0 fully saturated rings. The summed E-state index contributed by atoms with van der Waals surface area (Å²) in [5, 5.41) is 9.92. The van der Waals surface area contributed by atoms with Crippen LogP contribution >= 0.6 is 0 Å². The fraction of sp³-hybridized carbons (Fsp3) is 0.231. The van der Waals surface area contributed by atoms with Crippen LogP contribution in [-0.2, 0) is 30.7 Å². The Kier molecular flexibility index (Phi) is 8.20. The largest absolute Gasteiger partial charge is 0.463 e. The van der Waals surface area contributed by atoms with Gasteiger partial charge in [-0.05, 0) is 23.3 Å². The van der Waals surface area contributed by atoms with E-state index in [2.05, 4.69) is 25.5 Å². The molecular weight excluding hydrogens is 465 g/mol. The van der Waals surface area contributed by atoms with Crippen molar-refractivity contribution in [1.29, 1.82) is 0 Å². The first kappa shape index (κ1) is 24.8. The number of hydrogen-bond acceptors (Lipinski definition) is 6. The summed E-state index contributed by atoms with van der Waals surface area (Å²) >= 11 is 0. The van der Waals surface area contributed by atoms with Gasteiger partial charge in [0.05, 0.1) is 24.5 Å². The van der Waals surface area contributed by atoms with Gasteiger partial charge in [0, 0.05) is 49.5 Å². The molecule has 3 aromatic heterocycles. The highest BCUT2D eigenvalue weighted by Crippen LogP contribution is 2.19. The molecule has 0 saturated heterocycles. The monoisotopic (exact) mass is 491 g/mol. The number of aromatic nitrogens is 4. The third-order valence-corrected chi connectivity index (χ3v) is 5.59. The first-order valence-corrected chi connectivity index (χ1v) is 11.3. The number of nitrogens with one attached hydrogen (secondary N) is 3. The van der Waals surface area contributed by atoms with Crippen LogP contribution in [0.4, 0.5) is 4.39 Å². The molecule has 4 aromatic rings. The van der Waals surface area contributed by atoms with Crippen molar-refractivity contribution in [2.75, 3.05) is 14.0 Å². The Labute approximate surface area is 206 Å². The van der Waals surface area contributed by atoms with Crippen LogP contribution in [0.25, 0.3) is 0 Å². The molecule has 0 atom stereocenters. The van der Waals surface area contributed by atoms with E-state index in [1.54, 1.807) is 31.5 Å². The topological polar surface area (TPSA) is 122 Å². The number of ether oxygens (including phenoxy) is 2. The fourth-order valence-electron chi connectivity index (χ4n) is 3.80. The molecule has 0 unspecified atom stereocenters. The Morgan fingerprint density at radius 2 is 1.89 bits per heavy atom. The van der Waals surface area contributed by atoms with Crippen molar-refractivity contribution in [2.24, 2.45) is 0 Å². The summed E-state index contributed by atoms with van der Waals surface area (Å²) in [6.07, 6.45) is 4.08. The number of methoxy groups -OCH3 is 1. The van der Waals surface area contributed by atoms with E-state index in [1.807, 2.05) is 24.3 Å². The molecule has 0 saturated carbocycles. The predicted octanol–water partition coefficient (Wildman–Crippen LogP) is 3.06. The summed E-state index contributed by atoms with van der Waals surface area (Å²) in [5.41, 5.74) is 4.79. The van der Waals surface area contributed by atoms with Gasteiger partial charge in [0.15, 0.2) is 5.69 Å². The van der Waals surface area contributed by atoms with Crippen LogP contribution < -0.4 is 15.6 Å². The number of alkyl halides is 1. The van der Waals surface area contributed by atoms with Gasteiger partial charge in [0.2, 0.25) is 6.86 Å². The lowest BCUT2D eigenvalue weighted by atomic mass is 9.99. The number of carbonyl (C=O) groups excluding carboxylic acids is 1. The molecule has 0 aliphatic heterocycles. The van der Waals surface area contributed by atoms with E-state index in [0.29, 0.717) is 35.5 Å². The third-order valence-electron chi connectivity index (χ3n) is 5.59. The van der Waals surface area contributed by atoms with Crippen LogP contribution in [0, 0.1) is 0 Å². The molecule has 0 bridgehead atoms. The van der Waals surface area contributed by atoms with E-state index >= 15 is 0 Å². The number of nitrogens with zero attached hydrogens (tertiary/aromatic N) is 2. The van der Waals surface area contributed by atoms with Crippen molar-refractivity contribution in [3.05, 3.63) is 111 Å². The maximum Gasteiger partial charge on any atom is 0.272 e. The zero-order valence-electron chi connectivity index (χ0n) is 19.7. The number of aromatic amines is 2. The van der Waals surface area contributed by atoms with Gasteiger partial charge in [-0.2, -0.15) is 5.10 Å². The summed E-state index contributed by atoms with van der Waals surface area (Å²) in [6.45, 7) is -0.545. The maximum atomic E-state index is 13.0. The predicted molar refractivity (Wildman–Crippen MR) is 130 cm³/mol. The average molecular weight is 492 g/mol. The Morgan fingerprint density at radius 1 is 1.11 bits per heavy atom. The van der Waals surface area contributed by atoms with E-state index in [-0.39, 0.29) is 30.3 Å². The van der Waals surface area contributed by atoms with Crippen LogP contribution in [0.5, 0.6) is 5.75 Å². The van der Waals surface area contributed by atoms with Gasteiger partial charge < -0.3 is 19.8 Å². The smallest absolute Gasteiger partial charge is 0.272 e. The van der Waals surface area contributed by atoms with Gasteiger partial charge in [0.25, 0.3) is 11.5 Å². The van der Waals surface area contributed by atoms with E-state index in [4.69, 9.17) is 9.47 Å². The molecule has 36 heavy (non-hydrogen) atoms. The molecule has 1 aromatic carbocycles. The molecule has 186 valence electrons. The Bertz CT molecular complexity index is 1370. The Balaban J connectivity index is 1.47. The average Bonchev–Trinajstić information content (AvgIpc) is 3.28. The van der Waals surface area contributed by atoms with Crippen LogP contribution in [0.3, 0.4) is 0 Å². The molecule has 10 heteroatoms. The molecule has 0 spiro atoms. The lowest BCUT2D eigenvalue weighted by Crippen LogP contribution is -2.25. The summed E-state index contributed by atoms with van der Waals surface area (Å²) in [5.74, 6) is -0.0398. The minimum Gasteiger partial charge on any atom is -0.463 e. The molecule has 0 aliphatic carbocycles. The number of hydrogen-bond donors (Lipinski definition) is 3. The van der Waals surface area contributed by atoms with Gasteiger partial charge in [0.1, 0.15) is 5.75 Å². The second kappa shape index (κ2) is 11.9. The lowest BCUT2D eigenvalue weighted by molar-refractivity contribution is 0.0944. The van der Waals surface area contributed by atoms with E-state index < -0.39 is 6.86 Å². The molecule has 9 nitrogen and oxygen atoms in total. The normalized spacial score (nSPS) is 10.8. The molecule has 0 aliphatic rings. The van der Waals surface area contributed by atoms with Crippen molar-refractivity contribution >= 4 is 5.91 Å². The highest BCUT2D eigenvalue weighted by atomic mass is 19.1. The Hall–Kier alpha value is -4.31. The second-order valence-electron chi connectivity index (χ2n) is 8.08. The first-order chi connectivity index (χ1) is 17.6. The van der Waals surface area contributed by atoms with Crippen molar-refractivity contribution in [2.45, 2.75) is 26.0 Å². The van der Waals surface area contributed by atoms with Gasteiger partial charge in [-0.3, -0.25) is 19.7 Å². The lowest BCUT2D eigenvalue weighted by Gasteiger charge is -2.09. The highest BCUT2D eigenvalue weighted by molar-refractivity contribution is 5.94. The van der Waals surface area contributed by atoms with Crippen LogP contribution in [0.15, 0.2) is 65.7 Å². The van der Waals surface area contributed by atoms with Crippen LogP contribution in [0.2, 0.25) is 0 Å². The number of halogens is 1. The second-order valence-corrected chi connectivity index (χ2v) is 8.08. The standard InChI is InChI=1S/C26H26FN5O4/c1-35-15-23-22(12-18-6-4-17(5-7-18)11-19-3-2-9-29-25(19)33)24(32-31-23)26(34)30-14-20-13-21(36-16-27)8-10-28-20/h2-10,13H,11-12,14-16H2,1H3,(H,29,33)(H,30,34)(H,31,32). The fourth-order valence-corrected chi connectivity index (χ4v) is 3.80. The zero-order valence-corrected chi connectivity index (χ0v) is 19.7. The van der Waals surface area contributed by atoms with Crippen LogP contribution in [0.1, 0.15) is 44.1 Å². The molecule has 0 radical (unpaired) electrons. The van der Waals surface area contributed by atoms with Gasteiger partial charge >= 0.3 is 0 Å². The van der Waals surface area contributed by atoms with E-state index in [9.17, 15) is 14.0 Å². The quantitative estimate of drug-likeness (QED) is 0.296.